The lowest BCUT2D eigenvalue weighted by Gasteiger charge is -2.25. The molecule has 1 rings (SSSR count). The van der Waals surface area contributed by atoms with Crippen LogP contribution in [0.4, 0.5) is 0 Å². The summed E-state index contributed by atoms with van der Waals surface area (Å²) >= 11 is 1.72. The summed E-state index contributed by atoms with van der Waals surface area (Å²) in [5, 5.41) is 11.9. The van der Waals surface area contributed by atoms with Crippen molar-refractivity contribution in [1.29, 1.82) is 0 Å². The maximum absolute atomic E-state index is 12.1. The number of aliphatic hydroxyl groups excluding tert-OH is 1. The normalized spacial score (nSPS) is 26.7. The average Bonchev–Trinajstić information content (AvgIpc) is 2.67. The van der Waals surface area contributed by atoms with Gasteiger partial charge in [-0.2, -0.15) is 0 Å². The van der Waals surface area contributed by atoms with Gasteiger partial charge in [0.15, 0.2) is 0 Å². The molecule has 4 nitrogen and oxygen atoms in total. The van der Waals surface area contributed by atoms with E-state index >= 15 is 0 Å². The fourth-order valence-electron chi connectivity index (χ4n) is 1.85. The lowest BCUT2D eigenvalue weighted by Crippen LogP contribution is -2.47. The van der Waals surface area contributed by atoms with Crippen LogP contribution >= 0.6 is 11.8 Å². The molecule has 1 fully saturated rings. The summed E-state index contributed by atoms with van der Waals surface area (Å²) in [7, 11) is 1.60. The fraction of sp³-hybridized carbons (Fsp3) is 0.909. The maximum atomic E-state index is 12.1. The highest BCUT2D eigenvalue weighted by Crippen LogP contribution is 2.37. The van der Waals surface area contributed by atoms with E-state index in [0.717, 1.165) is 18.6 Å². The molecule has 0 aliphatic carbocycles. The van der Waals surface area contributed by atoms with Crippen LogP contribution in [0.1, 0.15) is 26.2 Å². The van der Waals surface area contributed by atoms with Crippen LogP contribution in [0.5, 0.6) is 0 Å². The number of carbonyl (C=O) groups is 1. The lowest BCUT2D eigenvalue weighted by molar-refractivity contribution is -0.124. The first-order valence-electron chi connectivity index (χ1n) is 5.67. The van der Waals surface area contributed by atoms with Crippen molar-refractivity contribution in [3.05, 3.63) is 0 Å². The number of ether oxygens (including phenoxy) is 1. The standard InChI is InChI=1S/C11H21NO3S/c1-11(5-3-7-16-11)10(14)12-9(4-6-13)8-15-2/h9,13H,3-8H2,1-2H3,(H,12,14). The highest BCUT2D eigenvalue weighted by molar-refractivity contribution is 8.01. The second-order valence-corrected chi connectivity index (χ2v) is 5.92. The Kier molecular flexibility index (Phi) is 5.58. The molecule has 94 valence electrons. The van der Waals surface area contributed by atoms with Crippen molar-refractivity contribution in [3.63, 3.8) is 0 Å². The van der Waals surface area contributed by atoms with Crippen LogP contribution in [-0.2, 0) is 9.53 Å². The van der Waals surface area contributed by atoms with E-state index in [9.17, 15) is 4.79 Å². The van der Waals surface area contributed by atoms with E-state index in [1.165, 1.54) is 0 Å². The Morgan fingerprint density at radius 1 is 1.69 bits per heavy atom. The van der Waals surface area contributed by atoms with E-state index in [-0.39, 0.29) is 23.3 Å². The zero-order valence-corrected chi connectivity index (χ0v) is 10.8. The van der Waals surface area contributed by atoms with E-state index in [2.05, 4.69) is 5.32 Å². The third-order valence-electron chi connectivity index (χ3n) is 2.88. The molecule has 2 unspecified atom stereocenters. The first-order chi connectivity index (χ1) is 7.62. The number of hydrogen-bond acceptors (Lipinski definition) is 4. The third-order valence-corrected chi connectivity index (χ3v) is 4.40. The average molecular weight is 247 g/mol. The van der Waals surface area contributed by atoms with Gasteiger partial charge in [0.2, 0.25) is 5.91 Å². The number of nitrogens with one attached hydrogen (secondary N) is 1. The summed E-state index contributed by atoms with van der Waals surface area (Å²) in [6, 6.07) is -0.0828. The second-order valence-electron chi connectivity index (χ2n) is 4.32. The highest BCUT2D eigenvalue weighted by atomic mass is 32.2. The van der Waals surface area contributed by atoms with Gasteiger partial charge in [0, 0.05) is 13.7 Å². The van der Waals surface area contributed by atoms with Crippen LogP contribution in [0.2, 0.25) is 0 Å². The molecule has 16 heavy (non-hydrogen) atoms. The molecule has 1 aliphatic heterocycles. The van der Waals surface area contributed by atoms with Crippen molar-refractivity contribution in [2.75, 3.05) is 26.1 Å². The minimum atomic E-state index is -0.290. The van der Waals surface area contributed by atoms with E-state index in [0.29, 0.717) is 13.0 Å². The largest absolute Gasteiger partial charge is 0.396 e. The molecule has 0 spiro atoms. The van der Waals surface area contributed by atoms with Crippen molar-refractivity contribution in [1.82, 2.24) is 5.32 Å². The molecule has 5 heteroatoms. The number of aliphatic hydroxyl groups is 1. The predicted octanol–water partition coefficient (Wildman–Crippen LogP) is 0.786. The number of rotatable bonds is 6. The molecule has 0 radical (unpaired) electrons. The van der Waals surface area contributed by atoms with E-state index in [4.69, 9.17) is 9.84 Å². The molecule has 1 saturated heterocycles. The monoisotopic (exact) mass is 247 g/mol. The molecule has 0 aromatic rings. The first kappa shape index (κ1) is 13.8. The van der Waals surface area contributed by atoms with Crippen LogP contribution in [0.3, 0.4) is 0 Å². The molecule has 1 heterocycles. The van der Waals surface area contributed by atoms with Crippen molar-refractivity contribution in [2.24, 2.45) is 0 Å². The number of carbonyl (C=O) groups excluding carboxylic acids is 1. The summed E-state index contributed by atoms with van der Waals surface area (Å²) in [5.74, 6) is 1.13. The first-order valence-corrected chi connectivity index (χ1v) is 6.65. The summed E-state index contributed by atoms with van der Waals surface area (Å²) < 4.78 is 4.73. The Bertz CT molecular complexity index is 223. The fourth-order valence-corrected chi connectivity index (χ4v) is 3.07. The van der Waals surface area contributed by atoms with Crippen molar-refractivity contribution in [2.45, 2.75) is 37.0 Å². The van der Waals surface area contributed by atoms with Gasteiger partial charge in [0.05, 0.1) is 17.4 Å². The number of amides is 1. The summed E-state index contributed by atoms with van der Waals surface area (Å²) in [6.45, 7) is 2.51. The van der Waals surface area contributed by atoms with Crippen LogP contribution < -0.4 is 5.32 Å². The van der Waals surface area contributed by atoms with Crippen LogP contribution in [0.15, 0.2) is 0 Å². The Labute approximate surface area is 101 Å². The second kappa shape index (κ2) is 6.47. The Balaban J connectivity index is 2.46. The number of methoxy groups -OCH3 is 1. The van der Waals surface area contributed by atoms with Gasteiger partial charge in [-0.05, 0) is 31.9 Å². The molecule has 2 N–H and O–H groups in total. The summed E-state index contributed by atoms with van der Waals surface area (Å²) in [5.41, 5.74) is 0. The topological polar surface area (TPSA) is 58.6 Å². The van der Waals surface area contributed by atoms with Gasteiger partial charge >= 0.3 is 0 Å². The van der Waals surface area contributed by atoms with Crippen molar-refractivity contribution < 1.29 is 14.6 Å². The van der Waals surface area contributed by atoms with Crippen molar-refractivity contribution >= 4 is 17.7 Å². The SMILES string of the molecule is COCC(CCO)NC(=O)C1(C)CCCS1. The highest BCUT2D eigenvalue weighted by Gasteiger charge is 2.37. The van der Waals surface area contributed by atoms with Crippen LogP contribution in [-0.4, -0.2) is 47.9 Å². The summed E-state index contributed by atoms with van der Waals surface area (Å²) in [4.78, 5) is 12.1. The molecule has 0 aromatic carbocycles. The Morgan fingerprint density at radius 2 is 2.44 bits per heavy atom. The van der Waals surface area contributed by atoms with Crippen molar-refractivity contribution in [3.8, 4) is 0 Å². The third kappa shape index (κ3) is 3.64. The van der Waals surface area contributed by atoms with Crippen LogP contribution in [0.25, 0.3) is 0 Å². The zero-order valence-electron chi connectivity index (χ0n) is 9.99. The molecule has 0 bridgehead atoms. The lowest BCUT2D eigenvalue weighted by atomic mass is 10.0. The molecule has 0 saturated carbocycles. The van der Waals surface area contributed by atoms with Gasteiger partial charge in [-0.3, -0.25) is 4.79 Å². The molecule has 1 amide bonds. The van der Waals surface area contributed by atoms with Gasteiger partial charge in [-0.1, -0.05) is 0 Å². The summed E-state index contributed by atoms with van der Waals surface area (Å²) in [6.07, 6.45) is 2.58. The molecular weight excluding hydrogens is 226 g/mol. The molecular formula is C11H21NO3S. The smallest absolute Gasteiger partial charge is 0.236 e. The van der Waals surface area contributed by atoms with Gasteiger partial charge in [-0.25, -0.2) is 0 Å². The van der Waals surface area contributed by atoms with Crippen LogP contribution in [0, 0.1) is 0 Å². The Hall–Kier alpha value is -0.260. The van der Waals surface area contributed by atoms with E-state index in [1.807, 2.05) is 6.92 Å². The maximum Gasteiger partial charge on any atom is 0.236 e. The van der Waals surface area contributed by atoms with Gasteiger partial charge < -0.3 is 15.2 Å². The van der Waals surface area contributed by atoms with Gasteiger partial charge in [0.1, 0.15) is 0 Å². The zero-order chi connectivity index (χ0) is 12.0. The molecule has 0 aromatic heterocycles. The Morgan fingerprint density at radius 3 is 2.94 bits per heavy atom. The van der Waals surface area contributed by atoms with E-state index in [1.54, 1.807) is 18.9 Å². The van der Waals surface area contributed by atoms with Gasteiger partial charge in [0.25, 0.3) is 0 Å². The quantitative estimate of drug-likeness (QED) is 0.728. The number of hydrogen-bond donors (Lipinski definition) is 2. The molecule has 2 atom stereocenters. The molecule has 1 aliphatic rings. The predicted molar refractivity (Wildman–Crippen MR) is 65.6 cm³/mol. The van der Waals surface area contributed by atoms with Gasteiger partial charge in [-0.15, -0.1) is 11.8 Å². The number of thioether (sulfide) groups is 1. The minimum Gasteiger partial charge on any atom is -0.396 e. The minimum absolute atomic E-state index is 0.0676. The van der Waals surface area contributed by atoms with E-state index < -0.39 is 0 Å².